The normalized spacial score (nSPS) is 13.1. The van der Waals surface area contributed by atoms with E-state index in [1.807, 2.05) is 20.0 Å². The van der Waals surface area contributed by atoms with E-state index in [0.29, 0.717) is 5.69 Å². The molecule has 0 spiro atoms. The van der Waals surface area contributed by atoms with Crippen LogP contribution in [0.3, 0.4) is 0 Å². The third-order valence-electron chi connectivity index (χ3n) is 4.57. The SMILES string of the molecule is C[C@H](Sc1nncn1C)c1cccc(-n2cc3c(C(F)(F)F)cccn3c2=O)c1. The van der Waals surface area contributed by atoms with Crippen LogP contribution in [0.2, 0.25) is 0 Å². The van der Waals surface area contributed by atoms with Crippen molar-refractivity contribution in [2.45, 2.75) is 23.5 Å². The zero-order valence-corrected chi connectivity index (χ0v) is 16.3. The number of aromatic nitrogens is 5. The van der Waals surface area contributed by atoms with Gasteiger partial charge in [0.25, 0.3) is 0 Å². The average molecular weight is 419 g/mol. The van der Waals surface area contributed by atoms with Crippen LogP contribution in [0.5, 0.6) is 0 Å². The average Bonchev–Trinajstić information content (AvgIpc) is 3.24. The van der Waals surface area contributed by atoms with E-state index in [1.54, 1.807) is 29.1 Å². The van der Waals surface area contributed by atoms with Crippen LogP contribution in [-0.2, 0) is 13.2 Å². The molecule has 0 unspecified atom stereocenters. The number of halogens is 3. The van der Waals surface area contributed by atoms with Gasteiger partial charge in [-0.15, -0.1) is 10.2 Å². The second kappa shape index (κ2) is 7.11. The molecule has 0 radical (unpaired) electrons. The van der Waals surface area contributed by atoms with Crippen LogP contribution in [-0.4, -0.2) is 23.7 Å². The maximum absolute atomic E-state index is 13.3. The molecule has 1 aromatic carbocycles. The summed E-state index contributed by atoms with van der Waals surface area (Å²) < 4.78 is 43.9. The van der Waals surface area contributed by atoms with Gasteiger partial charge >= 0.3 is 11.9 Å². The molecule has 29 heavy (non-hydrogen) atoms. The van der Waals surface area contributed by atoms with Gasteiger partial charge < -0.3 is 4.57 Å². The van der Waals surface area contributed by atoms with Crippen molar-refractivity contribution < 1.29 is 13.2 Å². The largest absolute Gasteiger partial charge is 0.418 e. The summed E-state index contributed by atoms with van der Waals surface area (Å²) in [4.78, 5) is 12.7. The van der Waals surface area contributed by atoms with Crippen LogP contribution in [0, 0.1) is 0 Å². The van der Waals surface area contributed by atoms with E-state index >= 15 is 0 Å². The van der Waals surface area contributed by atoms with Crippen molar-refractivity contribution in [3.8, 4) is 5.69 Å². The van der Waals surface area contributed by atoms with E-state index in [9.17, 15) is 18.0 Å². The molecule has 3 heterocycles. The van der Waals surface area contributed by atoms with Gasteiger partial charge in [-0.05, 0) is 36.8 Å². The highest BCUT2D eigenvalue weighted by Crippen LogP contribution is 2.34. The Balaban J connectivity index is 1.75. The zero-order chi connectivity index (χ0) is 20.8. The van der Waals surface area contributed by atoms with Gasteiger partial charge in [-0.2, -0.15) is 13.2 Å². The van der Waals surface area contributed by atoms with Crippen LogP contribution in [0.25, 0.3) is 11.2 Å². The Morgan fingerprint density at radius 1 is 1.17 bits per heavy atom. The maximum Gasteiger partial charge on any atom is 0.418 e. The number of alkyl halides is 3. The standard InChI is InChI=1S/C19H16F3N5OS/c1-12(29-17-24-23-11-25(17)2)13-5-3-6-14(9-13)27-10-16-15(19(20,21)22)7-4-8-26(16)18(27)28/h3-12H,1-2H3/t12-/m0/s1. The van der Waals surface area contributed by atoms with Gasteiger partial charge in [-0.25, -0.2) is 4.79 Å². The first-order chi connectivity index (χ1) is 13.8. The van der Waals surface area contributed by atoms with Gasteiger partial charge in [-0.1, -0.05) is 23.9 Å². The Labute approximate surface area is 167 Å². The number of fused-ring (bicyclic) bond motifs is 1. The number of hydrogen-bond acceptors (Lipinski definition) is 4. The van der Waals surface area contributed by atoms with E-state index < -0.39 is 17.4 Å². The number of thioether (sulfide) groups is 1. The molecule has 0 aliphatic heterocycles. The Morgan fingerprint density at radius 3 is 2.66 bits per heavy atom. The lowest BCUT2D eigenvalue weighted by Crippen LogP contribution is -2.19. The summed E-state index contributed by atoms with van der Waals surface area (Å²) in [6, 6.07) is 9.35. The first-order valence-corrected chi connectivity index (χ1v) is 9.54. The first kappa shape index (κ1) is 19.3. The van der Waals surface area contributed by atoms with E-state index in [4.69, 9.17) is 0 Å². The van der Waals surface area contributed by atoms with Crippen molar-refractivity contribution in [1.82, 2.24) is 23.7 Å². The molecule has 10 heteroatoms. The number of hydrogen-bond donors (Lipinski definition) is 0. The van der Waals surface area contributed by atoms with Gasteiger partial charge in [0.2, 0.25) is 0 Å². The lowest BCUT2D eigenvalue weighted by molar-refractivity contribution is -0.136. The molecule has 0 aliphatic rings. The molecule has 4 rings (SSSR count). The minimum atomic E-state index is -4.55. The molecule has 0 saturated heterocycles. The van der Waals surface area contributed by atoms with Gasteiger partial charge in [0.05, 0.1) is 16.8 Å². The summed E-state index contributed by atoms with van der Waals surface area (Å²) >= 11 is 1.50. The fraction of sp³-hybridized carbons (Fsp3) is 0.211. The molecular formula is C19H16F3N5OS. The molecule has 4 aromatic rings. The second-order valence-corrected chi connectivity index (χ2v) is 7.84. The smallest absolute Gasteiger partial charge is 0.312 e. The van der Waals surface area contributed by atoms with E-state index in [2.05, 4.69) is 10.2 Å². The highest BCUT2D eigenvalue weighted by molar-refractivity contribution is 7.99. The second-order valence-electron chi connectivity index (χ2n) is 6.54. The first-order valence-electron chi connectivity index (χ1n) is 8.66. The molecule has 3 aromatic heterocycles. The van der Waals surface area contributed by atoms with Crippen molar-refractivity contribution in [3.05, 3.63) is 76.7 Å². The molecular weight excluding hydrogens is 403 g/mol. The molecule has 0 amide bonds. The fourth-order valence-electron chi connectivity index (χ4n) is 3.07. The number of benzene rings is 1. The monoisotopic (exact) mass is 419 g/mol. The summed E-state index contributed by atoms with van der Waals surface area (Å²) in [5, 5.41) is 8.63. The molecule has 1 atom stereocenters. The summed E-state index contributed by atoms with van der Waals surface area (Å²) in [7, 11) is 1.84. The van der Waals surface area contributed by atoms with Crippen LogP contribution in [0.4, 0.5) is 13.2 Å². The van der Waals surface area contributed by atoms with E-state index in [1.165, 1.54) is 34.8 Å². The van der Waals surface area contributed by atoms with Crippen molar-refractivity contribution in [1.29, 1.82) is 0 Å². The molecule has 150 valence electrons. The number of pyridine rings is 1. The minimum absolute atomic E-state index is 0.00341. The predicted octanol–water partition coefficient (Wildman–Crippen LogP) is 4.09. The number of imidazole rings is 1. The van der Waals surface area contributed by atoms with Crippen LogP contribution in [0.15, 0.2) is 65.1 Å². The fourth-order valence-corrected chi connectivity index (χ4v) is 3.98. The highest BCUT2D eigenvalue weighted by atomic mass is 32.2. The van der Waals surface area contributed by atoms with Crippen molar-refractivity contribution in [2.24, 2.45) is 7.05 Å². The Kier molecular flexibility index (Phi) is 4.73. The van der Waals surface area contributed by atoms with Gasteiger partial charge in [0, 0.05) is 24.7 Å². The predicted molar refractivity (Wildman–Crippen MR) is 103 cm³/mol. The Bertz CT molecular complexity index is 1240. The molecule has 0 N–H and O–H groups in total. The van der Waals surface area contributed by atoms with Crippen molar-refractivity contribution in [2.75, 3.05) is 0 Å². The highest BCUT2D eigenvalue weighted by Gasteiger charge is 2.33. The summed E-state index contributed by atoms with van der Waals surface area (Å²) in [6.45, 7) is 1.99. The number of rotatable bonds is 4. The molecule has 0 saturated carbocycles. The zero-order valence-electron chi connectivity index (χ0n) is 15.5. The molecule has 6 nitrogen and oxygen atoms in total. The van der Waals surface area contributed by atoms with Gasteiger partial charge in [-0.3, -0.25) is 8.97 Å². The van der Waals surface area contributed by atoms with Gasteiger partial charge in [0.15, 0.2) is 5.16 Å². The Hall–Kier alpha value is -3.01. The van der Waals surface area contributed by atoms with E-state index in [-0.39, 0.29) is 10.8 Å². The van der Waals surface area contributed by atoms with Crippen molar-refractivity contribution in [3.63, 3.8) is 0 Å². The number of nitrogens with zero attached hydrogens (tertiary/aromatic N) is 5. The lowest BCUT2D eigenvalue weighted by Gasteiger charge is -2.12. The van der Waals surface area contributed by atoms with Gasteiger partial charge in [0.1, 0.15) is 6.33 Å². The van der Waals surface area contributed by atoms with E-state index in [0.717, 1.165) is 21.2 Å². The summed E-state index contributed by atoms with van der Waals surface area (Å²) in [5.74, 6) is 0. The molecule has 0 aliphatic carbocycles. The summed E-state index contributed by atoms with van der Waals surface area (Å²) in [5.41, 5.74) is -0.185. The van der Waals surface area contributed by atoms with Crippen LogP contribution < -0.4 is 5.69 Å². The summed E-state index contributed by atoms with van der Waals surface area (Å²) in [6.07, 6.45) is -0.380. The topological polar surface area (TPSA) is 57.1 Å². The third kappa shape index (κ3) is 3.55. The maximum atomic E-state index is 13.3. The third-order valence-corrected chi connectivity index (χ3v) is 5.78. The van der Waals surface area contributed by atoms with Crippen LogP contribution >= 0.6 is 11.8 Å². The molecule has 0 bridgehead atoms. The Morgan fingerprint density at radius 2 is 1.97 bits per heavy atom. The van der Waals surface area contributed by atoms with Crippen molar-refractivity contribution >= 4 is 17.3 Å². The van der Waals surface area contributed by atoms with Crippen LogP contribution in [0.1, 0.15) is 23.3 Å². The quantitative estimate of drug-likeness (QED) is 0.468. The number of aryl methyl sites for hydroxylation is 1. The minimum Gasteiger partial charge on any atom is -0.312 e. The lowest BCUT2D eigenvalue weighted by atomic mass is 10.1. The molecule has 0 fully saturated rings.